The van der Waals surface area contributed by atoms with Crippen LogP contribution in [0.1, 0.15) is 29.1 Å². The monoisotopic (exact) mass is 474 g/mol. The summed E-state index contributed by atoms with van der Waals surface area (Å²) in [6, 6.07) is 15.3. The van der Waals surface area contributed by atoms with E-state index in [1.807, 2.05) is 64.6 Å². The molecule has 3 aromatic rings. The summed E-state index contributed by atoms with van der Waals surface area (Å²) in [5.74, 6) is 1.65. The van der Waals surface area contributed by atoms with Crippen LogP contribution in [0, 0.1) is 6.92 Å². The van der Waals surface area contributed by atoms with Crippen molar-refractivity contribution in [2.45, 2.75) is 32.0 Å². The molecule has 1 saturated heterocycles. The number of ether oxygens (including phenoxy) is 1. The van der Waals surface area contributed by atoms with Gasteiger partial charge in [-0.15, -0.1) is 10.2 Å². The summed E-state index contributed by atoms with van der Waals surface area (Å²) < 4.78 is 10.9. The molecular formula is C26H30N6O3. The number of hydrogen-bond donors (Lipinski definition) is 1. The van der Waals surface area contributed by atoms with Crippen molar-refractivity contribution in [1.29, 1.82) is 0 Å². The van der Waals surface area contributed by atoms with Gasteiger partial charge in [0.1, 0.15) is 11.9 Å². The number of nitrogens with one attached hydrogen (secondary N) is 1. The molecule has 5 rings (SSSR count). The molecular weight excluding hydrogens is 444 g/mol. The first-order valence-electron chi connectivity index (χ1n) is 11.8. The third-order valence-electron chi connectivity index (χ3n) is 6.52. The number of rotatable bonds is 6. The SMILES string of the molecule is COc1cccc(C(=O)N(C2CCN(C)CC2)C2C=CN(c3cccc(-c4nnc(C)o4)c3)N2)c1. The summed E-state index contributed by atoms with van der Waals surface area (Å²) in [6.07, 6.45) is 5.55. The first kappa shape index (κ1) is 23.1. The Morgan fingerprint density at radius 1 is 1.14 bits per heavy atom. The topological polar surface area (TPSA) is 87.0 Å². The van der Waals surface area contributed by atoms with Crippen LogP contribution in [-0.2, 0) is 0 Å². The lowest BCUT2D eigenvalue weighted by Crippen LogP contribution is -2.56. The lowest BCUT2D eigenvalue weighted by Gasteiger charge is -2.40. The van der Waals surface area contributed by atoms with Gasteiger partial charge in [-0.3, -0.25) is 9.80 Å². The Hall–Kier alpha value is -3.69. The number of hydrazine groups is 1. The first-order chi connectivity index (χ1) is 17.0. The summed E-state index contributed by atoms with van der Waals surface area (Å²) in [5, 5.41) is 9.98. The second-order valence-corrected chi connectivity index (χ2v) is 8.94. The Labute approximate surface area is 205 Å². The van der Waals surface area contributed by atoms with Crippen LogP contribution in [0.3, 0.4) is 0 Å². The second kappa shape index (κ2) is 9.89. The number of piperidine rings is 1. The van der Waals surface area contributed by atoms with E-state index in [9.17, 15) is 4.79 Å². The number of amides is 1. The highest BCUT2D eigenvalue weighted by Gasteiger charge is 2.35. The number of aromatic nitrogens is 2. The van der Waals surface area contributed by atoms with Gasteiger partial charge in [0.2, 0.25) is 11.8 Å². The molecule has 0 saturated carbocycles. The predicted octanol–water partition coefficient (Wildman–Crippen LogP) is 3.45. The summed E-state index contributed by atoms with van der Waals surface area (Å²) >= 11 is 0. The second-order valence-electron chi connectivity index (χ2n) is 8.94. The maximum atomic E-state index is 13.8. The fraction of sp³-hybridized carbons (Fsp3) is 0.346. The van der Waals surface area contributed by atoms with Gasteiger partial charge in [-0.2, -0.15) is 0 Å². The van der Waals surface area contributed by atoms with Gasteiger partial charge in [0.15, 0.2) is 0 Å². The Bertz CT molecular complexity index is 1220. The van der Waals surface area contributed by atoms with Crippen molar-refractivity contribution in [3.05, 3.63) is 72.3 Å². The quantitative estimate of drug-likeness (QED) is 0.581. The number of carbonyl (C=O) groups excluding carboxylic acids is 1. The zero-order valence-corrected chi connectivity index (χ0v) is 20.2. The number of carbonyl (C=O) groups is 1. The molecule has 1 N–H and O–H groups in total. The van der Waals surface area contributed by atoms with Crippen LogP contribution in [0.5, 0.6) is 5.75 Å². The van der Waals surface area contributed by atoms with Gasteiger partial charge in [-0.05, 0) is 75.5 Å². The molecule has 182 valence electrons. The van der Waals surface area contributed by atoms with Crippen molar-refractivity contribution in [1.82, 2.24) is 25.4 Å². The van der Waals surface area contributed by atoms with Gasteiger partial charge in [0, 0.05) is 30.3 Å². The fourth-order valence-electron chi connectivity index (χ4n) is 4.61. The van der Waals surface area contributed by atoms with Crippen molar-refractivity contribution in [2.24, 2.45) is 0 Å². The minimum atomic E-state index is -0.281. The highest BCUT2D eigenvalue weighted by molar-refractivity contribution is 5.95. The van der Waals surface area contributed by atoms with E-state index in [1.54, 1.807) is 20.1 Å². The molecule has 1 aromatic heterocycles. The zero-order chi connectivity index (χ0) is 24.4. The average molecular weight is 475 g/mol. The highest BCUT2D eigenvalue weighted by Crippen LogP contribution is 2.28. The van der Waals surface area contributed by atoms with Crippen molar-refractivity contribution in [3.63, 3.8) is 0 Å². The standard InChI is InChI=1S/C26H30N6O3/c1-18-27-28-25(35-18)19-6-4-8-22(16-19)31-15-12-24(29-31)32(21-10-13-30(2)14-11-21)26(33)20-7-5-9-23(17-20)34-3/h4-9,12,15-17,21,24,29H,10-11,13-14H2,1-3H3. The zero-order valence-electron chi connectivity index (χ0n) is 20.2. The van der Waals surface area contributed by atoms with Gasteiger partial charge < -0.3 is 19.0 Å². The van der Waals surface area contributed by atoms with E-state index in [-0.39, 0.29) is 18.1 Å². The van der Waals surface area contributed by atoms with Crippen molar-refractivity contribution in [2.75, 3.05) is 32.3 Å². The summed E-state index contributed by atoms with van der Waals surface area (Å²) in [6.45, 7) is 3.68. The molecule has 1 unspecified atom stereocenters. The van der Waals surface area contributed by atoms with E-state index in [1.165, 1.54) is 0 Å². The molecule has 0 aliphatic carbocycles. The number of aryl methyl sites for hydroxylation is 1. The number of anilines is 1. The lowest BCUT2D eigenvalue weighted by atomic mass is 10.0. The number of likely N-dealkylation sites (tertiary alicyclic amines) is 1. The molecule has 0 radical (unpaired) electrons. The van der Waals surface area contributed by atoms with Crippen LogP contribution in [-0.4, -0.2) is 65.4 Å². The van der Waals surface area contributed by atoms with E-state index < -0.39 is 0 Å². The molecule has 1 atom stereocenters. The van der Waals surface area contributed by atoms with Gasteiger partial charge in [-0.1, -0.05) is 12.1 Å². The summed E-state index contributed by atoms with van der Waals surface area (Å²) in [4.78, 5) is 18.1. The molecule has 2 aliphatic rings. The predicted molar refractivity (Wildman–Crippen MR) is 133 cm³/mol. The highest BCUT2D eigenvalue weighted by atomic mass is 16.5. The van der Waals surface area contributed by atoms with Crippen LogP contribution in [0.15, 0.2) is 65.2 Å². The van der Waals surface area contributed by atoms with Gasteiger partial charge >= 0.3 is 0 Å². The van der Waals surface area contributed by atoms with E-state index in [2.05, 4.69) is 27.6 Å². The largest absolute Gasteiger partial charge is 0.497 e. The molecule has 9 heteroatoms. The van der Waals surface area contributed by atoms with Crippen molar-refractivity contribution < 1.29 is 13.9 Å². The molecule has 1 fully saturated rings. The van der Waals surface area contributed by atoms with Crippen LogP contribution < -0.4 is 15.2 Å². The van der Waals surface area contributed by atoms with Crippen LogP contribution in [0.4, 0.5) is 5.69 Å². The molecule has 0 spiro atoms. The normalized spacial score (nSPS) is 18.7. The molecule has 35 heavy (non-hydrogen) atoms. The van der Waals surface area contributed by atoms with E-state index >= 15 is 0 Å². The minimum Gasteiger partial charge on any atom is -0.497 e. The van der Waals surface area contributed by atoms with Gasteiger partial charge in [-0.25, -0.2) is 5.43 Å². The average Bonchev–Trinajstić information content (AvgIpc) is 3.55. The summed E-state index contributed by atoms with van der Waals surface area (Å²) in [5.41, 5.74) is 5.86. The third-order valence-corrected chi connectivity index (χ3v) is 6.52. The van der Waals surface area contributed by atoms with Crippen LogP contribution in [0.25, 0.3) is 11.5 Å². The molecule has 9 nitrogen and oxygen atoms in total. The molecule has 2 aliphatic heterocycles. The van der Waals surface area contributed by atoms with E-state index in [4.69, 9.17) is 9.15 Å². The first-order valence-corrected chi connectivity index (χ1v) is 11.8. The van der Waals surface area contributed by atoms with Crippen molar-refractivity contribution in [3.8, 4) is 17.2 Å². The van der Waals surface area contributed by atoms with Gasteiger partial charge in [0.25, 0.3) is 5.91 Å². The molecule has 0 bridgehead atoms. The smallest absolute Gasteiger partial charge is 0.255 e. The molecule has 3 heterocycles. The van der Waals surface area contributed by atoms with Crippen molar-refractivity contribution >= 4 is 11.6 Å². The van der Waals surface area contributed by atoms with Crippen LogP contribution in [0.2, 0.25) is 0 Å². The van der Waals surface area contributed by atoms with Crippen LogP contribution >= 0.6 is 0 Å². The Morgan fingerprint density at radius 3 is 2.69 bits per heavy atom. The number of hydrogen-bond acceptors (Lipinski definition) is 8. The fourth-order valence-corrected chi connectivity index (χ4v) is 4.61. The Morgan fingerprint density at radius 2 is 1.94 bits per heavy atom. The lowest BCUT2D eigenvalue weighted by molar-refractivity contribution is 0.0486. The number of nitrogens with zero attached hydrogens (tertiary/aromatic N) is 5. The third kappa shape index (κ3) is 4.91. The Balaban J connectivity index is 1.39. The van der Waals surface area contributed by atoms with E-state index in [0.717, 1.165) is 37.2 Å². The molecule has 1 amide bonds. The maximum Gasteiger partial charge on any atom is 0.255 e. The van der Waals surface area contributed by atoms with E-state index in [0.29, 0.717) is 23.1 Å². The van der Waals surface area contributed by atoms with Gasteiger partial charge in [0.05, 0.1) is 12.8 Å². The summed E-state index contributed by atoms with van der Waals surface area (Å²) in [7, 11) is 3.74. The maximum absolute atomic E-state index is 13.8. The minimum absolute atomic E-state index is 0.0162. The molecule has 2 aromatic carbocycles. The number of methoxy groups -OCH3 is 1. The number of benzene rings is 2. The Kier molecular flexibility index (Phi) is 6.52.